The van der Waals surface area contributed by atoms with Crippen LogP contribution in [0.5, 0.6) is 0 Å². The molecule has 1 aromatic heterocycles. The number of aromatic nitrogens is 2. The molecule has 0 spiro atoms. The van der Waals surface area contributed by atoms with Crippen LogP contribution in [-0.4, -0.2) is 9.55 Å². The molecule has 2 nitrogen and oxygen atoms in total. The fourth-order valence-electron chi connectivity index (χ4n) is 1.79. The van der Waals surface area contributed by atoms with E-state index in [0.29, 0.717) is 0 Å². The smallest absolute Gasteiger partial charge is 0.295 e. The Balaban J connectivity index is 2.35. The second-order valence-corrected chi connectivity index (χ2v) is 3.53. The molecule has 72 valence electrons. The maximum atomic E-state index is 12.5. The quantitative estimate of drug-likeness (QED) is 0.709. The Kier molecular flexibility index (Phi) is 1.86. The summed E-state index contributed by atoms with van der Waals surface area (Å²) in [5.41, 5.74) is -0.0394. The van der Waals surface area contributed by atoms with Gasteiger partial charge in [-0.1, -0.05) is 6.92 Å². The molecule has 0 aliphatic heterocycles. The van der Waals surface area contributed by atoms with Crippen LogP contribution >= 0.6 is 0 Å². The average Bonchev–Trinajstić information content (AvgIpc) is 2.74. The maximum absolute atomic E-state index is 12.5. The summed E-state index contributed by atoms with van der Waals surface area (Å²) in [5.74, 6) is -0.0839. The second kappa shape index (κ2) is 2.79. The highest BCUT2D eigenvalue weighted by Crippen LogP contribution is 2.47. The van der Waals surface area contributed by atoms with Crippen molar-refractivity contribution in [2.24, 2.45) is 0 Å². The predicted molar refractivity (Wildman–Crippen MR) is 44.7 cm³/mol. The minimum absolute atomic E-state index is 0.0394. The molecule has 1 fully saturated rings. The van der Waals surface area contributed by atoms with Crippen molar-refractivity contribution < 1.29 is 8.78 Å². The Morgan fingerprint density at radius 3 is 2.77 bits per heavy atom. The van der Waals surface area contributed by atoms with Gasteiger partial charge in [0.1, 0.15) is 0 Å². The fourth-order valence-corrected chi connectivity index (χ4v) is 1.79. The van der Waals surface area contributed by atoms with Gasteiger partial charge in [-0.25, -0.2) is 13.8 Å². The van der Waals surface area contributed by atoms with Crippen LogP contribution in [-0.2, 0) is 5.54 Å². The van der Waals surface area contributed by atoms with Gasteiger partial charge in [-0.3, -0.25) is 0 Å². The van der Waals surface area contributed by atoms with E-state index in [9.17, 15) is 8.78 Å². The first-order valence-electron chi connectivity index (χ1n) is 4.51. The van der Waals surface area contributed by atoms with E-state index in [1.165, 1.54) is 6.20 Å². The highest BCUT2D eigenvalue weighted by Gasteiger charge is 2.44. The van der Waals surface area contributed by atoms with Gasteiger partial charge in [-0.05, 0) is 19.3 Å². The molecule has 0 radical (unpaired) electrons. The number of hydrogen-bond acceptors (Lipinski definition) is 1. The zero-order chi connectivity index (χ0) is 9.47. The number of imidazole rings is 1. The Hall–Kier alpha value is -0.930. The van der Waals surface area contributed by atoms with Crippen LogP contribution in [0.15, 0.2) is 12.4 Å². The van der Waals surface area contributed by atoms with E-state index in [4.69, 9.17) is 0 Å². The van der Waals surface area contributed by atoms with Crippen molar-refractivity contribution in [3.8, 4) is 0 Å². The zero-order valence-corrected chi connectivity index (χ0v) is 7.50. The fraction of sp³-hybridized carbons (Fsp3) is 0.667. The summed E-state index contributed by atoms with van der Waals surface area (Å²) < 4.78 is 26.6. The molecular formula is C9H12F2N2. The van der Waals surface area contributed by atoms with E-state index < -0.39 is 6.43 Å². The average molecular weight is 186 g/mol. The van der Waals surface area contributed by atoms with Gasteiger partial charge in [-0.15, -0.1) is 0 Å². The third-order valence-corrected chi connectivity index (χ3v) is 2.86. The first kappa shape index (κ1) is 8.66. The van der Waals surface area contributed by atoms with Gasteiger partial charge < -0.3 is 4.57 Å². The third-order valence-electron chi connectivity index (χ3n) is 2.86. The topological polar surface area (TPSA) is 17.8 Å². The molecule has 0 N–H and O–H groups in total. The van der Waals surface area contributed by atoms with Crippen LogP contribution in [0.1, 0.15) is 38.4 Å². The molecule has 2 rings (SSSR count). The highest BCUT2D eigenvalue weighted by molar-refractivity contribution is 5.08. The molecule has 1 aromatic rings. The molecule has 0 aromatic carbocycles. The Labute approximate surface area is 75.6 Å². The largest absolute Gasteiger partial charge is 0.324 e. The monoisotopic (exact) mass is 186 g/mol. The lowest BCUT2D eigenvalue weighted by molar-refractivity contribution is 0.131. The minimum Gasteiger partial charge on any atom is -0.324 e. The van der Waals surface area contributed by atoms with Crippen molar-refractivity contribution >= 4 is 0 Å². The molecule has 1 heterocycles. The van der Waals surface area contributed by atoms with E-state index in [1.807, 2.05) is 6.92 Å². The summed E-state index contributed by atoms with van der Waals surface area (Å²) in [5, 5.41) is 0. The summed E-state index contributed by atoms with van der Waals surface area (Å²) in [6.45, 7) is 2.03. The summed E-state index contributed by atoms with van der Waals surface area (Å²) in [4.78, 5) is 3.68. The number of hydrogen-bond donors (Lipinski definition) is 0. The van der Waals surface area contributed by atoms with Gasteiger partial charge in [0.15, 0.2) is 5.82 Å². The lowest BCUT2D eigenvalue weighted by Gasteiger charge is -2.17. The first-order chi connectivity index (χ1) is 6.19. The number of nitrogens with zero attached hydrogens (tertiary/aromatic N) is 2. The molecule has 13 heavy (non-hydrogen) atoms. The van der Waals surface area contributed by atoms with Gasteiger partial charge in [0.2, 0.25) is 0 Å². The van der Waals surface area contributed by atoms with E-state index in [2.05, 4.69) is 4.98 Å². The standard InChI is InChI=1S/C9H12F2N2/c1-2-9(3-4-9)13-6-5-12-8(13)7(10)11/h5-7H,2-4H2,1H3. The van der Waals surface area contributed by atoms with Gasteiger partial charge in [0, 0.05) is 17.9 Å². The van der Waals surface area contributed by atoms with E-state index >= 15 is 0 Å². The molecule has 0 saturated heterocycles. The van der Waals surface area contributed by atoms with Crippen molar-refractivity contribution in [1.82, 2.24) is 9.55 Å². The van der Waals surface area contributed by atoms with Crippen molar-refractivity contribution in [2.45, 2.75) is 38.2 Å². The molecule has 0 amide bonds. The van der Waals surface area contributed by atoms with Crippen LogP contribution in [0.3, 0.4) is 0 Å². The normalized spacial score (nSPS) is 19.4. The number of halogens is 2. The Morgan fingerprint density at radius 2 is 2.31 bits per heavy atom. The summed E-state index contributed by atoms with van der Waals surface area (Å²) in [6.07, 6.45) is 3.57. The predicted octanol–water partition coefficient (Wildman–Crippen LogP) is 2.72. The van der Waals surface area contributed by atoms with Crippen LogP contribution in [0.25, 0.3) is 0 Å². The lowest BCUT2D eigenvalue weighted by Crippen LogP contribution is -2.18. The van der Waals surface area contributed by atoms with Gasteiger partial charge >= 0.3 is 0 Å². The van der Waals surface area contributed by atoms with E-state index in [1.54, 1.807) is 10.8 Å². The van der Waals surface area contributed by atoms with Gasteiger partial charge in [0.05, 0.1) is 0 Å². The molecule has 1 saturated carbocycles. The SMILES string of the molecule is CCC1(n2ccnc2C(F)F)CC1. The Morgan fingerprint density at radius 1 is 1.62 bits per heavy atom. The van der Waals surface area contributed by atoms with Crippen molar-refractivity contribution in [2.75, 3.05) is 0 Å². The molecule has 0 bridgehead atoms. The van der Waals surface area contributed by atoms with E-state index in [-0.39, 0.29) is 11.4 Å². The summed E-state index contributed by atoms with van der Waals surface area (Å²) >= 11 is 0. The van der Waals surface area contributed by atoms with Crippen molar-refractivity contribution in [1.29, 1.82) is 0 Å². The van der Waals surface area contributed by atoms with Crippen molar-refractivity contribution in [3.05, 3.63) is 18.2 Å². The lowest BCUT2D eigenvalue weighted by atomic mass is 10.2. The maximum Gasteiger partial charge on any atom is 0.295 e. The molecule has 1 aliphatic carbocycles. The van der Waals surface area contributed by atoms with Crippen LogP contribution < -0.4 is 0 Å². The third kappa shape index (κ3) is 1.24. The molecule has 1 aliphatic rings. The van der Waals surface area contributed by atoms with Crippen LogP contribution in [0.2, 0.25) is 0 Å². The molecule has 0 atom stereocenters. The van der Waals surface area contributed by atoms with Gasteiger partial charge in [0.25, 0.3) is 6.43 Å². The number of alkyl halides is 2. The van der Waals surface area contributed by atoms with Crippen LogP contribution in [0.4, 0.5) is 8.78 Å². The summed E-state index contributed by atoms with van der Waals surface area (Å²) in [7, 11) is 0. The first-order valence-corrected chi connectivity index (χ1v) is 4.51. The minimum atomic E-state index is -2.46. The highest BCUT2D eigenvalue weighted by atomic mass is 19.3. The summed E-state index contributed by atoms with van der Waals surface area (Å²) in [6, 6.07) is 0. The molecule has 0 unspecified atom stereocenters. The number of rotatable bonds is 3. The van der Waals surface area contributed by atoms with E-state index in [0.717, 1.165) is 19.3 Å². The van der Waals surface area contributed by atoms with Crippen molar-refractivity contribution in [3.63, 3.8) is 0 Å². The Bertz CT molecular complexity index is 302. The zero-order valence-electron chi connectivity index (χ0n) is 7.50. The second-order valence-electron chi connectivity index (χ2n) is 3.53. The molecule has 4 heteroatoms. The molecular weight excluding hydrogens is 174 g/mol. The van der Waals surface area contributed by atoms with Crippen LogP contribution in [0, 0.1) is 0 Å². The van der Waals surface area contributed by atoms with Gasteiger partial charge in [-0.2, -0.15) is 0 Å².